The zero-order valence-corrected chi connectivity index (χ0v) is 13.4. The van der Waals surface area contributed by atoms with Gasteiger partial charge in [0.15, 0.2) is 0 Å². The van der Waals surface area contributed by atoms with Crippen LogP contribution in [0.5, 0.6) is 0 Å². The number of benzene rings is 2. The molecule has 1 aliphatic rings. The second-order valence-electron chi connectivity index (χ2n) is 6.16. The molecule has 0 radical (unpaired) electrons. The summed E-state index contributed by atoms with van der Waals surface area (Å²) in [5, 5.41) is 6.58. The van der Waals surface area contributed by atoms with Gasteiger partial charge in [-0.25, -0.2) is 0 Å². The third-order valence-corrected chi connectivity index (χ3v) is 4.43. The molecule has 1 saturated heterocycles. The van der Waals surface area contributed by atoms with Crippen LogP contribution in [0.25, 0.3) is 0 Å². The van der Waals surface area contributed by atoms with Crippen LogP contribution >= 0.6 is 0 Å². The van der Waals surface area contributed by atoms with Crippen molar-refractivity contribution >= 4 is 5.91 Å². The van der Waals surface area contributed by atoms with Crippen molar-refractivity contribution in [3.8, 4) is 0 Å². The highest BCUT2D eigenvalue weighted by Crippen LogP contribution is 2.19. The van der Waals surface area contributed by atoms with Crippen LogP contribution in [0, 0.1) is 0 Å². The molecule has 0 bridgehead atoms. The Kier molecular flexibility index (Phi) is 5.43. The molecule has 2 atom stereocenters. The van der Waals surface area contributed by atoms with Crippen LogP contribution in [-0.2, 0) is 11.2 Å². The molecule has 2 N–H and O–H groups in total. The van der Waals surface area contributed by atoms with E-state index in [1.807, 2.05) is 36.4 Å². The molecule has 0 saturated carbocycles. The van der Waals surface area contributed by atoms with Crippen molar-refractivity contribution in [1.82, 2.24) is 10.6 Å². The summed E-state index contributed by atoms with van der Waals surface area (Å²) < 4.78 is 0. The van der Waals surface area contributed by atoms with Gasteiger partial charge in [0, 0.05) is 0 Å². The quantitative estimate of drug-likeness (QED) is 0.890. The zero-order valence-electron chi connectivity index (χ0n) is 13.4. The van der Waals surface area contributed by atoms with Gasteiger partial charge < -0.3 is 10.6 Å². The number of carbonyl (C=O) groups is 1. The first-order chi connectivity index (χ1) is 11.3. The summed E-state index contributed by atoms with van der Waals surface area (Å²) in [6, 6.07) is 20.5. The van der Waals surface area contributed by atoms with E-state index in [1.165, 1.54) is 5.56 Å². The number of nitrogens with one attached hydrogen (secondary N) is 2. The number of carbonyl (C=O) groups excluding carboxylic acids is 1. The molecular formula is C20H24N2O. The smallest absolute Gasteiger partial charge is 0.237 e. The van der Waals surface area contributed by atoms with Crippen LogP contribution < -0.4 is 10.6 Å². The van der Waals surface area contributed by atoms with Crippen molar-refractivity contribution in [2.75, 3.05) is 6.54 Å². The van der Waals surface area contributed by atoms with E-state index in [0.717, 1.165) is 37.8 Å². The minimum absolute atomic E-state index is 0.00910. The van der Waals surface area contributed by atoms with Gasteiger partial charge in [-0.15, -0.1) is 0 Å². The van der Waals surface area contributed by atoms with Gasteiger partial charge in [0.1, 0.15) is 0 Å². The third-order valence-electron chi connectivity index (χ3n) is 4.43. The molecule has 2 aromatic rings. The predicted octanol–water partition coefficient (Wildman–Crippen LogP) is 3.23. The fourth-order valence-corrected chi connectivity index (χ4v) is 3.14. The summed E-state index contributed by atoms with van der Waals surface area (Å²) in [6.45, 7) is 0.937. The molecule has 120 valence electrons. The highest BCUT2D eigenvalue weighted by atomic mass is 16.2. The fourth-order valence-electron chi connectivity index (χ4n) is 3.14. The lowest BCUT2D eigenvalue weighted by Crippen LogP contribution is -2.47. The monoisotopic (exact) mass is 308 g/mol. The molecule has 0 aromatic heterocycles. The summed E-state index contributed by atoms with van der Waals surface area (Å²) in [5.41, 5.74) is 2.39. The van der Waals surface area contributed by atoms with E-state index in [0.29, 0.717) is 0 Å². The molecule has 23 heavy (non-hydrogen) atoms. The van der Waals surface area contributed by atoms with Gasteiger partial charge in [0.05, 0.1) is 12.1 Å². The second kappa shape index (κ2) is 7.93. The lowest BCUT2D eigenvalue weighted by atomic mass is 9.97. The number of rotatable bonds is 5. The average molecular weight is 308 g/mol. The van der Waals surface area contributed by atoms with E-state index in [4.69, 9.17) is 0 Å². The van der Waals surface area contributed by atoms with Crippen molar-refractivity contribution in [3.05, 3.63) is 71.8 Å². The maximum absolute atomic E-state index is 12.6. The third kappa shape index (κ3) is 4.42. The van der Waals surface area contributed by atoms with E-state index in [9.17, 15) is 4.79 Å². The maximum atomic E-state index is 12.6. The first-order valence-corrected chi connectivity index (χ1v) is 8.45. The van der Waals surface area contributed by atoms with E-state index in [1.54, 1.807) is 0 Å². The Hall–Kier alpha value is -2.13. The van der Waals surface area contributed by atoms with E-state index >= 15 is 0 Å². The molecule has 3 nitrogen and oxygen atoms in total. The van der Waals surface area contributed by atoms with Crippen LogP contribution in [0.4, 0.5) is 0 Å². The molecule has 0 aliphatic carbocycles. The first-order valence-electron chi connectivity index (χ1n) is 8.45. The average Bonchev–Trinajstić information content (AvgIpc) is 2.63. The van der Waals surface area contributed by atoms with Crippen LogP contribution in [-0.4, -0.2) is 18.5 Å². The SMILES string of the molecule is O=C(NC(Cc1ccccc1)c1ccccc1)C1CCCCN1. The van der Waals surface area contributed by atoms with Crippen molar-refractivity contribution in [2.24, 2.45) is 0 Å². The van der Waals surface area contributed by atoms with Gasteiger partial charge in [0.25, 0.3) is 0 Å². The van der Waals surface area contributed by atoms with Crippen molar-refractivity contribution in [2.45, 2.75) is 37.8 Å². The fraction of sp³-hybridized carbons (Fsp3) is 0.350. The largest absolute Gasteiger partial charge is 0.348 e. The number of amides is 1. The molecule has 2 aromatic carbocycles. The molecule has 2 unspecified atom stereocenters. The Bertz CT molecular complexity index is 606. The number of hydrogen-bond acceptors (Lipinski definition) is 2. The molecule has 3 heteroatoms. The molecule has 1 heterocycles. The van der Waals surface area contributed by atoms with E-state index in [2.05, 4.69) is 34.9 Å². The van der Waals surface area contributed by atoms with Gasteiger partial charge in [-0.3, -0.25) is 4.79 Å². The van der Waals surface area contributed by atoms with Crippen molar-refractivity contribution in [1.29, 1.82) is 0 Å². The summed E-state index contributed by atoms with van der Waals surface area (Å²) in [6.07, 6.45) is 4.03. The number of hydrogen-bond donors (Lipinski definition) is 2. The molecule has 1 amide bonds. The number of piperidine rings is 1. The summed E-state index contributed by atoms with van der Waals surface area (Å²) in [7, 11) is 0. The Morgan fingerprint density at radius 3 is 2.39 bits per heavy atom. The van der Waals surface area contributed by atoms with Crippen LogP contribution in [0.3, 0.4) is 0 Å². The standard InChI is InChI=1S/C20H24N2O/c23-20(18-13-7-8-14-21-18)22-19(17-11-5-2-6-12-17)15-16-9-3-1-4-10-16/h1-6,9-12,18-19,21H,7-8,13-15H2,(H,22,23). The van der Waals surface area contributed by atoms with Crippen molar-refractivity contribution < 1.29 is 4.79 Å². The summed E-state index contributed by atoms with van der Waals surface area (Å²) >= 11 is 0. The van der Waals surface area contributed by atoms with E-state index < -0.39 is 0 Å². The minimum Gasteiger partial charge on any atom is -0.348 e. The van der Waals surface area contributed by atoms with Gasteiger partial charge in [-0.05, 0) is 36.9 Å². The Morgan fingerprint density at radius 2 is 1.74 bits per heavy atom. The second-order valence-corrected chi connectivity index (χ2v) is 6.16. The first kappa shape index (κ1) is 15.8. The lowest BCUT2D eigenvalue weighted by Gasteiger charge is -2.26. The van der Waals surface area contributed by atoms with E-state index in [-0.39, 0.29) is 18.0 Å². The Balaban J connectivity index is 1.73. The summed E-state index contributed by atoms with van der Waals surface area (Å²) in [4.78, 5) is 12.6. The normalized spacial score (nSPS) is 19.0. The molecule has 0 spiro atoms. The molecule has 1 fully saturated rings. The van der Waals surface area contributed by atoms with Crippen LogP contribution in [0.1, 0.15) is 36.4 Å². The Labute approximate surface area is 138 Å². The van der Waals surface area contributed by atoms with Gasteiger partial charge in [-0.2, -0.15) is 0 Å². The Morgan fingerprint density at radius 1 is 1.04 bits per heavy atom. The van der Waals surface area contributed by atoms with Gasteiger partial charge in [-0.1, -0.05) is 67.1 Å². The summed E-state index contributed by atoms with van der Waals surface area (Å²) in [5.74, 6) is 0.120. The van der Waals surface area contributed by atoms with Crippen LogP contribution in [0.2, 0.25) is 0 Å². The minimum atomic E-state index is -0.0502. The predicted molar refractivity (Wildman–Crippen MR) is 93.1 cm³/mol. The zero-order chi connectivity index (χ0) is 15.9. The highest BCUT2D eigenvalue weighted by Gasteiger charge is 2.23. The van der Waals surface area contributed by atoms with Crippen molar-refractivity contribution in [3.63, 3.8) is 0 Å². The molecular weight excluding hydrogens is 284 g/mol. The van der Waals surface area contributed by atoms with Crippen LogP contribution in [0.15, 0.2) is 60.7 Å². The molecule has 1 aliphatic heterocycles. The highest BCUT2D eigenvalue weighted by molar-refractivity contribution is 5.82. The van der Waals surface area contributed by atoms with Gasteiger partial charge in [0.2, 0.25) is 5.91 Å². The topological polar surface area (TPSA) is 41.1 Å². The lowest BCUT2D eigenvalue weighted by molar-refractivity contribution is -0.124. The van der Waals surface area contributed by atoms with Gasteiger partial charge >= 0.3 is 0 Å². The maximum Gasteiger partial charge on any atom is 0.237 e. The molecule has 3 rings (SSSR count).